The van der Waals surface area contributed by atoms with Crippen molar-refractivity contribution in [3.63, 3.8) is 0 Å². The van der Waals surface area contributed by atoms with Crippen LogP contribution in [0, 0.1) is 0 Å². The molecule has 1 aromatic heterocycles. The van der Waals surface area contributed by atoms with Crippen LogP contribution in [0.5, 0.6) is 0 Å². The topological polar surface area (TPSA) is 46.0 Å². The van der Waals surface area contributed by atoms with Crippen molar-refractivity contribution >= 4 is 11.5 Å². The van der Waals surface area contributed by atoms with Crippen LogP contribution in [0.2, 0.25) is 0 Å². The summed E-state index contributed by atoms with van der Waals surface area (Å²) in [6, 6.07) is 4.32. The zero-order valence-corrected chi connectivity index (χ0v) is 9.16. The first-order chi connectivity index (χ1) is 7.98. The molecule has 1 aromatic carbocycles. The van der Waals surface area contributed by atoms with Gasteiger partial charge in [-0.3, -0.25) is 0 Å². The minimum atomic E-state index is -4.37. The third kappa shape index (κ3) is 2.62. The molecule has 3 nitrogen and oxygen atoms in total. The van der Waals surface area contributed by atoms with Crippen LogP contribution in [0.1, 0.15) is 22.9 Å². The lowest BCUT2D eigenvalue weighted by molar-refractivity contribution is -0.137. The van der Waals surface area contributed by atoms with E-state index in [0.717, 1.165) is 23.7 Å². The summed E-state index contributed by atoms with van der Waals surface area (Å²) in [5.74, 6) is 0. The van der Waals surface area contributed by atoms with Gasteiger partial charge in [-0.2, -0.15) is 13.2 Å². The van der Waals surface area contributed by atoms with Crippen molar-refractivity contribution in [2.45, 2.75) is 12.3 Å². The van der Waals surface area contributed by atoms with Crippen LogP contribution >= 0.6 is 11.5 Å². The Bertz CT molecular complexity index is 481. The largest absolute Gasteiger partial charge is 0.416 e. The van der Waals surface area contributed by atoms with Gasteiger partial charge < -0.3 is 5.11 Å². The van der Waals surface area contributed by atoms with Gasteiger partial charge in [-0.25, -0.2) is 0 Å². The van der Waals surface area contributed by atoms with Crippen LogP contribution < -0.4 is 0 Å². The van der Waals surface area contributed by atoms with E-state index in [2.05, 4.69) is 9.59 Å². The number of aliphatic hydroxyl groups is 1. The molecule has 0 aliphatic rings. The zero-order valence-electron chi connectivity index (χ0n) is 8.35. The molecule has 0 spiro atoms. The minimum absolute atomic E-state index is 0.328. The molecule has 0 fully saturated rings. The van der Waals surface area contributed by atoms with E-state index in [4.69, 9.17) is 0 Å². The van der Waals surface area contributed by atoms with E-state index in [0.29, 0.717) is 11.3 Å². The van der Waals surface area contributed by atoms with E-state index in [9.17, 15) is 18.3 Å². The molecular weight excluding hydrogens is 253 g/mol. The molecule has 1 unspecified atom stereocenters. The maximum Gasteiger partial charge on any atom is 0.416 e. The second-order valence-electron chi connectivity index (χ2n) is 3.35. The maximum absolute atomic E-state index is 12.3. The van der Waals surface area contributed by atoms with Gasteiger partial charge in [0.25, 0.3) is 0 Å². The van der Waals surface area contributed by atoms with Crippen LogP contribution in [-0.4, -0.2) is 14.7 Å². The molecule has 0 aliphatic carbocycles. The van der Waals surface area contributed by atoms with Gasteiger partial charge in [0.15, 0.2) is 0 Å². The fourth-order valence-electron chi connectivity index (χ4n) is 1.32. The fraction of sp³-hybridized carbons (Fsp3) is 0.200. The van der Waals surface area contributed by atoms with Crippen molar-refractivity contribution in [1.82, 2.24) is 9.59 Å². The van der Waals surface area contributed by atoms with E-state index >= 15 is 0 Å². The SMILES string of the molecule is OC(c1ccc(C(F)(F)F)cc1)c1csnn1. The van der Waals surface area contributed by atoms with Crippen LogP contribution in [0.25, 0.3) is 0 Å². The standard InChI is InChI=1S/C10H7F3N2OS/c11-10(12,13)7-3-1-6(2-4-7)9(16)8-5-17-15-14-8/h1-5,9,16H. The second-order valence-corrected chi connectivity index (χ2v) is 3.96. The van der Waals surface area contributed by atoms with Crippen molar-refractivity contribution in [2.24, 2.45) is 0 Å². The molecule has 1 atom stereocenters. The first kappa shape index (κ1) is 12.0. The van der Waals surface area contributed by atoms with Gasteiger partial charge >= 0.3 is 6.18 Å². The monoisotopic (exact) mass is 260 g/mol. The smallest absolute Gasteiger partial charge is 0.382 e. The second kappa shape index (κ2) is 4.42. The highest BCUT2D eigenvalue weighted by Gasteiger charge is 2.30. The van der Waals surface area contributed by atoms with Crippen molar-refractivity contribution in [3.8, 4) is 0 Å². The number of alkyl halides is 3. The molecule has 90 valence electrons. The third-order valence-electron chi connectivity index (χ3n) is 2.21. The lowest BCUT2D eigenvalue weighted by Crippen LogP contribution is -2.06. The number of benzene rings is 1. The summed E-state index contributed by atoms with van der Waals surface area (Å²) in [6.07, 6.45) is -5.41. The van der Waals surface area contributed by atoms with Crippen LogP contribution in [0.15, 0.2) is 29.6 Å². The van der Waals surface area contributed by atoms with Gasteiger partial charge in [0.05, 0.1) is 5.56 Å². The highest BCUT2D eigenvalue weighted by Crippen LogP contribution is 2.30. The van der Waals surface area contributed by atoms with Gasteiger partial charge in [-0.05, 0) is 29.2 Å². The normalized spacial score (nSPS) is 13.6. The summed E-state index contributed by atoms with van der Waals surface area (Å²) in [4.78, 5) is 0. The molecule has 2 aromatic rings. The summed E-state index contributed by atoms with van der Waals surface area (Å²) in [6.45, 7) is 0. The highest BCUT2D eigenvalue weighted by molar-refractivity contribution is 7.03. The summed E-state index contributed by atoms with van der Waals surface area (Å²) in [7, 11) is 0. The first-order valence-corrected chi connectivity index (χ1v) is 5.44. The van der Waals surface area contributed by atoms with Crippen LogP contribution in [0.3, 0.4) is 0 Å². The van der Waals surface area contributed by atoms with Gasteiger partial charge in [0.2, 0.25) is 0 Å². The zero-order chi connectivity index (χ0) is 12.5. The molecule has 0 bridgehead atoms. The fourth-order valence-corrected chi connectivity index (χ4v) is 1.79. The molecule has 2 rings (SSSR count). The van der Waals surface area contributed by atoms with Crippen LogP contribution in [0.4, 0.5) is 13.2 Å². The summed E-state index contributed by atoms with van der Waals surface area (Å²) >= 11 is 1.07. The molecular formula is C10H7F3N2OS. The number of halogens is 3. The molecule has 0 aliphatic heterocycles. The maximum atomic E-state index is 12.3. The van der Waals surface area contributed by atoms with E-state index in [1.54, 1.807) is 5.38 Å². The van der Waals surface area contributed by atoms with E-state index in [1.165, 1.54) is 12.1 Å². The van der Waals surface area contributed by atoms with Gasteiger partial charge in [0.1, 0.15) is 11.8 Å². The molecule has 17 heavy (non-hydrogen) atoms. The Kier molecular flexibility index (Phi) is 3.12. The van der Waals surface area contributed by atoms with Gasteiger partial charge in [-0.1, -0.05) is 16.6 Å². The van der Waals surface area contributed by atoms with E-state index < -0.39 is 17.8 Å². The van der Waals surface area contributed by atoms with Crippen molar-refractivity contribution in [1.29, 1.82) is 0 Å². The average molecular weight is 260 g/mol. The minimum Gasteiger partial charge on any atom is -0.382 e. The Hall–Kier alpha value is -1.47. The number of hydrogen-bond donors (Lipinski definition) is 1. The Morgan fingerprint density at radius 1 is 1.18 bits per heavy atom. The molecule has 0 amide bonds. The number of aromatic nitrogens is 2. The quantitative estimate of drug-likeness (QED) is 0.902. The molecule has 1 heterocycles. The molecule has 1 N–H and O–H groups in total. The lowest BCUT2D eigenvalue weighted by atomic mass is 10.1. The highest BCUT2D eigenvalue weighted by atomic mass is 32.1. The summed E-state index contributed by atoms with van der Waals surface area (Å²) < 4.78 is 40.5. The Morgan fingerprint density at radius 2 is 1.82 bits per heavy atom. The molecule has 0 saturated heterocycles. The number of rotatable bonds is 2. The summed E-state index contributed by atoms with van der Waals surface area (Å²) in [5.41, 5.74) is -0.0645. The van der Waals surface area contributed by atoms with E-state index in [-0.39, 0.29) is 0 Å². The van der Waals surface area contributed by atoms with Gasteiger partial charge in [-0.15, -0.1) is 5.10 Å². The van der Waals surface area contributed by atoms with E-state index in [1.807, 2.05) is 0 Å². The number of aliphatic hydroxyl groups excluding tert-OH is 1. The van der Waals surface area contributed by atoms with Crippen LogP contribution in [-0.2, 0) is 6.18 Å². The lowest BCUT2D eigenvalue weighted by Gasteiger charge is -2.10. The average Bonchev–Trinajstić information content (AvgIpc) is 2.80. The predicted octanol–water partition coefficient (Wildman–Crippen LogP) is 2.64. The van der Waals surface area contributed by atoms with Crippen molar-refractivity contribution in [3.05, 3.63) is 46.5 Å². The van der Waals surface area contributed by atoms with Gasteiger partial charge in [0, 0.05) is 5.38 Å². The van der Waals surface area contributed by atoms with Crippen molar-refractivity contribution in [2.75, 3.05) is 0 Å². The van der Waals surface area contributed by atoms with Crippen molar-refractivity contribution < 1.29 is 18.3 Å². The number of nitrogens with zero attached hydrogens (tertiary/aromatic N) is 2. The molecule has 0 radical (unpaired) electrons. The number of hydrogen-bond acceptors (Lipinski definition) is 4. The summed E-state index contributed by atoms with van der Waals surface area (Å²) in [5, 5.41) is 15.0. The Labute approximate surface area is 98.7 Å². The Morgan fingerprint density at radius 3 is 2.29 bits per heavy atom. The molecule has 0 saturated carbocycles. The third-order valence-corrected chi connectivity index (χ3v) is 2.73. The Balaban J connectivity index is 2.24. The predicted molar refractivity (Wildman–Crippen MR) is 55.4 cm³/mol. The molecule has 7 heteroatoms. The first-order valence-electron chi connectivity index (χ1n) is 4.60.